The molecule has 2 aromatic rings. The lowest BCUT2D eigenvalue weighted by Gasteiger charge is -2.27. The molecule has 0 bridgehead atoms. The molecule has 0 unspecified atom stereocenters. The lowest BCUT2D eigenvalue weighted by molar-refractivity contribution is -0.384. The first-order valence-electron chi connectivity index (χ1n) is 8.26. The Morgan fingerprint density at radius 1 is 1.11 bits per heavy atom. The highest BCUT2D eigenvalue weighted by molar-refractivity contribution is 6.42. The first-order valence-corrected chi connectivity index (χ1v) is 9.02. The molecule has 0 N–H and O–H groups in total. The molecule has 2 aromatic carbocycles. The molecule has 0 aliphatic carbocycles. The van der Waals surface area contributed by atoms with Gasteiger partial charge >= 0.3 is 5.97 Å². The third-order valence-electron chi connectivity index (χ3n) is 4.02. The number of non-ortho nitro benzene ring substituents is 1. The summed E-state index contributed by atoms with van der Waals surface area (Å²) >= 11 is 12.0. The van der Waals surface area contributed by atoms with Gasteiger partial charge in [0.25, 0.3) is 11.6 Å². The van der Waals surface area contributed by atoms with E-state index < -0.39 is 16.8 Å². The zero-order valence-electron chi connectivity index (χ0n) is 15.4. The van der Waals surface area contributed by atoms with Gasteiger partial charge in [-0.1, -0.05) is 29.3 Å². The number of esters is 1. The predicted molar refractivity (Wildman–Crippen MR) is 106 cm³/mol. The number of halogens is 2. The molecule has 0 aliphatic rings. The molecule has 28 heavy (non-hydrogen) atoms. The maximum absolute atomic E-state index is 13.1. The van der Waals surface area contributed by atoms with Crippen LogP contribution in [0.2, 0.25) is 10.0 Å². The molecule has 0 atom stereocenters. The van der Waals surface area contributed by atoms with Crippen LogP contribution in [0.5, 0.6) is 0 Å². The smallest absolute Gasteiger partial charge is 0.338 e. The Kier molecular flexibility index (Phi) is 6.99. The molecule has 0 fully saturated rings. The van der Waals surface area contributed by atoms with Gasteiger partial charge in [-0.15, -0.1) is 0 Å². The van der Waals surface area contributed by atoms with Crippen molar-refractivity contribution in [1.29, 1.82) is 0 Å². The summed E-state index contributed by atoms with van der Waals surface area (Å²) in [7, 11) is 1.16. The molecule has 148 valence electrons. The van der Waals surface area contributed by atoms with E-state index in [9.17, 15) is 19.7 Å². The van der Waals surface area contributed by atoms with Gasteiger partial charge in [0.05, 0.1) is 27.6 Å². The summed E-state index contributed by atoms with van der Waals surface area (Å²) in [4.78, 5) is 37.0. The topological polar surface area (TPSA) is 89.8 Å². The number of hydrogen-bond donors (Lipinski definition) is 0. The number of carbonyl (C=O) groups excluding carboxylic acids is 2. The highest BCUT2D eigenvalue weighted by Gasteiger charge is 2.24. The Hall–Kier alpha value is -2.64. The van der Waals surface area contributed by atoms with E-state index in [4.69, 9.17) is 23.2 Å². The number of methoxy groups -OCH3 is 1. The molecular formula is C19H18Cl2N2O5. The monoisotopic (exact) mass is 424 g/mol. The number of ether oxygens (including phenoxy) is 1. The Morgan fingerprint density at radius 2 is 1.75 bits per heavy atom. The van der Waals surface area contributed by atoms with Crippen LogP contribution in [0.4, 0.5) is 5.69 Å². The average Bonchev–Trinajstić information content (AvgIpc) is 2.66. The molecule has 0 saturated carbocycles. The van der Waals surface area contributed by atoms with E-state index in [1.54, 1.807) is 18.2 Å². The molecule has 0 aromatic heterocycles. The summed E-state index contributed by atoms with van der Waals surface area (Å²) in [5.74, 6) is -1.23. The number of nitro benzene ring substituents is 1. The molecule has 7 nitrogen and oxygen atoms in total. The first-order chi connectivity index (χ1) is 13.1. The van der Waals surface area contributed by atoms with E-state index in [2.05, 4.69) is 4.74 Å². The third kappa shape index (κ3) is 4.99. The SMILES string of the molecule is COC(=O)c1cc(C(=O)N(Cc2ccc(Cl)c(Cl)c2)C(C)C)cc([N+](=O)[O-])c1. The Labute approximate surface area is 171 Å². The normalized spacial score (nSPS) is 10.6. The van der Waals surface area contributed by atoms with E-state index in [1.807, 2.05) is 13.8 Å². The minimum absolute atomic E-state index is 0.0170. The van der Waals surface area contributed by atoms with Gasteiger partial charge in [0.1, 0.15) is 0 Å². The van der Waals surface area contributed by atoms with Crippen molar-refractivity contribution in [3.63, 3.8) is 0 Å². The van der Waals surface area contributed by atoms with Crippen LogP contribution < -0.4 is 0 Å². The number of amides is 1. The first kappa shape index (κ1) is 21.7. The van der Waals surface area contributed by atoms with Crippen molar-refractivity contribution in [3.05, 3.63) is 73.2 Å². The highest BCUT2D eigenvalue weighted by atomic mass is 35.5. The van der Waals surface area contributed by atoms with Crippen molar-refractivity contribution in [3.8, 4) is 0 Å². The summed E-state index contributed by atoms with van der Waals surface area (Å²) in [5.41, 5.74) is 0.321. The summed E-state index contributed by atoms with van der Waals surface area (Å²) in [6.07, 6.45) is 0. The molecule has 2 rings (SSSR count). The lowest BCUT2D eigenvalue weighted by atomic mass is 10.1. The van der Waals surface area contributed by atoms with Gasteiger partial charge in [-0.2, -0.15) is 0 Å². The fourth-order valence-corrected chi connectivity index (χ4v) is 2.89. The van der Waals surface area contributed by atoms with Gasteiger partial charge in [0.15, 0.2) is 0 Å². The molecule has 0 saturated heterocycles. The van der Waals surface area contributed by atoms with E-state index in [0.29, 0.717) is 10.0 Å². The lowest BCUT2D eigenvalue weighted by Crippen LogP contribution is -2.36. The van der Waals surface area contributed by atoms with Crippen LogP contribution in [0.3, 0.4) is 0 Å². The molecule has 0 spiro atoms. The summed E-state index contributed by atoms with van der Waals surface area (Å²) in [6.45, 7) is 3.84. The van der Waals surface area contributed by atoms with Crippen molar-refractivity contribution in [1.82, 2.24) is 4.90 Å². The van der Waals surface area contributed by atoms with Crippen molar-refractivity contribution in [2.75, 3.05) is 7.11 Å². The van der Waals surface area contributed by atoms with Gasteiger partial charge in [-0.3, -0.25) is 14.9 Å². The van der Waals surface area contributed by atoms with Crippen LogP contribution in [-0.4, -0.2) is 34.9 Å². The second kappa shape index (κ2) is 9.03. The van der Waals surface area contributed by atoms with Gasteiger partial charge in [-0.05, 0) is 37.6 Å². The molecule has 0 aliphatic heterocycles. The Balaban J connectivity index is 2.44. The van der Waals surface area contributed by atoms with Gasteiger partial charge in [0.2, 0.25) is 0 Å². The van der Waals surface area contributed by atoms with Crippen LogP contribution >= 0.6 is 23.2 Å². The number of hydrogen-bond acceptors (Lipinski definition) is 5. The van der Waals surface area contributed by atoms with Gasteiger partial charge in [0, 0.05) is 30.3 Å². The molecule has 9 heteroatoms. The summed E-state index contributed by atoms with van der Waals surface area (Å²) < 4.78 is 4.62. The fourth-order valence-electron chi connectivity index (χ4n) is 2.57. The van der Waals surface area contributed by atoms with Crippen molar-refractivity contribution < 1.29 is 19.2 Å². The van der Waals surface area contributed by atoms with Crippen molar-refractivity contribution in [2.24, 2.45) is 0 Å². The van der Waals surface area contributed by atoms with Gasteiger partial charge in [-0.25, -0.2) is 4.79 Å². The highest BCUT2D eigenvalue weighted by Crippen LogP contribution is 2.25. The minimum Gasteiger partial charge on any atom is -0.465 e. The Morgan fingerprint density at radius 3 is 2.29 bits per heavy atom. The van der Waals surface area contributed by atoms with Crippen LogP contribution in [0.25, 0.3) is 0 Å². The second-order valence-electron chi connectivity index (χ2n) is 6.29. The van der Waals surface area contributed by atoms with Crippen molar-refractivity contribution in [2.45, 2.75) is 26.4 Å². The van der Waals surface area contributed by atoms with Crippen LogP contribution in [-0.2, 0) is 11.3 Å². The fraction of sp³-hybridized carbons (Fsp3) is 0.263. The maximum Gasteiger partial charge on any atom is 0.338 e. The molecule has 0 radical (unpaired) electrons. The Bertz CT molecular complexity index is 931. The van der Waals surface area contributed by atoms with E-state index in [0.717, 1.165) is 24.8 Å². The van der Waals surface area contributed by atoms with Crippen molar-refractivity contribution >= 4 is 40.8 Å². The zero-order valence-corrected chi connectivity index (χ0v) is 17.0. The van der Waals surface area contributed by atoms with Crippen LogP contribution in [0, 0.1) is 10.1 Å². The second-order valence-corrected chi connectivity index (χ2v) is 7.11. The maximum atomic E-state index is 13.1. The third-order valence-corrected chi connectivity index (χ3v) is 4.76. The summed E-state index contributed by atoms with van der Waals surface area (Å²) in [6, 6.07) is 8.29. The number of nitro groups is 1. The van der Waals surface area contributed by atoms with Crippen LogP contribution in [0.15, 0.2) is 36.4 Å². The number of nitrogens with zero attached hydrogens (tertiary/aromatic N) is 2. The number of benzene rings is 2. The average molecular weight is 425 g/mol. The minimum atomic E-state index is -0.765. The molecular weight excluding hydrogens is 407 g/mol. The summed E-state index contributed by atoms with van der Waals surface area (Å²) in [5, 5.41) is 12.0. The van der Waals surface area contributed by atoms with Crippen LogP contribution in [0.1, 0.15) is 40.1 Å². The zero-order chi connectivity index (χ0) is 21.0. The molecule has 1 amide bonds. The standard InChI is InChI=1S/C19H18Cl2N2O5/c1-11(2)22(10-12-4-5-16(20)17(21)6-12)18(24)13-7-14(19(25)28-3)9-15(8-13)23(26)27/h4-9,11H,10H2,1-3H3. The van der Waals surface area contributed by atoms with Gasteiger partial charge < -0.3 is 9.64 Å². The van der Waals surface area contributed by atoms with E-state index in [1.165, 1.54) is 11.0 Å². The predicted octanol–water partition coefficient (Wildman–Crippen LogP) is 4.74. The number of carbonyl (C=O) groups is 2. The van der Waals surface area contributed by atoms with E-state index >= 15 is 0 Å². The largest absolute Gasteiger partial charge is 0.465 e. The van der Waals surface area contributed by atoms with E-state index in [-0.39, 0.29) is 29.4 Å². The number of rotatable bonds is 6. The molecule has 0 heterocycles. The quantitative estimate of drug-likeness (QED) is 0.379.